The van der Waals surface area contributed by atoms with Crippen LogP contribution in [0.25, 0.3) is 0 Å². The molecule has 0 saturated carbocycles. The van der Waals surface area contributed by atoms with Gasteiger partial charge in [-0.1, -0.05) is 6.07 Å². The van der Waals surface area contributed by atoms with Crippen molar-refractivity contribution in [3.63, 3.8) is 0 Å². The predicted octanol–water partition coefficient (Wildman–Crippen LogP) is 0.756. The van der Waals surface area contributed by atoms with Crippen LogP contribution in [0.4, 0.5) is 5.69 Å². The topological polar surface area (TPSA) is 102 Å². The van der Waals surface area contributed by atoms with Crippen LogP contribution in [0.5, 0.6) is 0 Å². The molecular formula is C12H13NO6. The summed E-state index contributed by atoms with van der Waals surface area (Å²) in [6.07, 6.45) is 0. The zero-order valence-corrected chi connectivity index (χ0v) is 10.4. The maximum absolute atomic E-state index is 11.7. The number of rotatable bonds is 5. The third-order valence-electron chi connectivity index (χ3n) is 2.29. The number of carboxylic acid groups (broad SMARTS) is 1. The first-order chi connectivity index (χ1) is 9.01. The predicted molar refractivity (Wildman–Crippen MR) is 65.2 cm³/mol. The van der Waals surface area contributed by atoms with Gasteiger partial charge in [-0.2, -0.15) is 0 Å². The smallest absolute Gasteiger partial charge is 0.340 e. The number of carboxylic acids is 1. The summed E-state index contributed by atoms with van der Waals surface area (Å²) in [4.78, 5) is 33.8. The maximum atomic E-state index is 11.7. The molecule has 1 aromatic carbocycles. The molecular weight excluding hydrogens is 254 g/mol. The Hall–Kier alpha value is -2.57. The van der Waals surface area contributed by atoms with Crippen LogP contribution in [-0.4, -0.2) is 43.8 Å². The highest BCUT2D eigenvalue weighted by Crippen LogP contribution is 2.21. The summed E-state index contributed by atoms with van der Waals surface area (Å²) in [7, 11) is 2.35. The van der Waals surface area contributed by atoms with Crippen LogP contribution in [0.2, 0.25) is 0 Å². The van der Waals surface area contributed by atoms with Gasteiger partial charge in [0.1, 0.15) is 6.54 Å². The fourth-order valence-corrected chi connectivity index (χ4v) is 1.47. The Morgan fingerprint density at radius 2 is 1.79 bits per heavy atom. The molecule has 0 aromatic heterocycles. The first-order valence-corrected chi connectivity index (χ1v) is 5.26. The molecule has 7 heteroatoms. The summed E-state index contributed by atoms with van der Waals surface area (Å²) in [5, 5.41) is 11.2. The molecule has 0 heterocycles. The number of ether oxygens (including phenoxy) is 2. The molecule has 0 spiro atoms. The van der Waals surface area contributed by atoms with Crippen LogP contribution < -0.4 is 5.32 Å². The number of esters is 2. The lowest BCUT2D eigenvalue weighted by atomic mass is 10.1. The van der Waals surface area contributed by atoms with Crippen LogP contribution in [0.1, 0.15) is 20.7 Å². The number of hydrogen-bond acceptors (Lipinski definition) is 6. The van der Waals surface area contributed by atoms with Gasteiger partial charge in [0.15, 0.2) is 0 Å². The summed E-state index contributed by atoms with van der Waals surface area (Å²) in [6.45, 7) is -0.394. The maximum Gasteiger partial charge on any atom is 0.340 e. The van der Waals surface area contributed by atoms with Crippen molar-refractivity contribution in [3.05, 3.63) is 29.3 Å². The summed E-state index contributed by atoms with van der Waals surface area (Å²) >= 11 is 0. The summed E-state index contributed by atoms with van der Waals surface area (Å²) in [6, 6.07) is 4.37. The summed E-state index contributed by atoms with van der Waals surface area (Å²) in [5.74, 6) is -2.56. The molecule has 19 heavy (non-hydrogen) atoms. The van der Waals surface area contributed by atoms with Crippen molar-refractivity contribution >= 4 is 23.6 Å². The molecule has 0 fully saturated rings. The van der Waals surface area contributed by atoms with Gasteiger partial charge in [0.05, 0.1) is 31.0 Å². The van der Waals surface area contributed by atoms with Gasteiger partial charge >= 0.3 is 17.9 Å². The van der Waals surface area contributed by atoms with Crippen LogP contribution >= 0.6 is 0 Å². The second kappa shape index (κ2) is 6.39. The minimum absolute atomic E-state index is 0.00439. The van der Waals surface area contributed by atoms with Gasteiger partial charge < -0.3 is 19.9 Å². The van der Waals surface area contributed by atoms with Crippen molar-refractivity contribution in [1.82, 2.24) is 0 Å². The normalized spacial score (nSPS) is 9.58. The zero-order chi connectivity index (χ0) is 14.4. The number of carbonyl (C=O) groups is 3. The molecule has 0 radical (unpaired) electrons. The van der Waals surface area contributed by atoms with E-state index in [1.165, 1.54) is 25.3 Å². The van der Waals surface area contributed by atoms with Crippen LogP contribution in [0.15, 0.2) is 18.2 Å². The molecule has 0 aliphatic carbocycles. The molecule has 0 bridgehead atoms. The molecule has 0 unspecified atom stereocenters. The lowest BCUT2D eigenvalue weighted by Gasteiger charge is -2.12. The van der Waals surface area contributed by atoms with Gasteiger partial charge in [-0.05, 0) is 12.1 Å². The van der Waals surface area contributed by atoms with Crippen LogP contribution in [-0.2, 0) is 14.3 Å². The number of carbonyl (C=O) groups excluding carboxylic acids is 2. The monoisotopic (exact) mass is 267 g/mol. The largest absolute Gasteiger partial charge is 0.480 e. The van der Waals surface area contributed by atoms with E-state index >= 15 is 0 Å². The molecule has 7 nitrogen and oxygen atoms in total. The second-order valence-electron chi connectivity index (χ2n) is 3.46. The number of methoxy groups -OCH3 is 2. The molecule has 1 aromatic rings. The van der Waals surface area contributed by atoms with Crippen LogP contribution in [0.3, 0.4) is 0 Å². The van der Waals surface area contributed by atoms with Crippen molar-refractivity contribution in [1.29, 1.82) is 0 Å². The van der Waals surface area contributed by atoms with Gasteiger partial charge in [0, 0.05) is 0 Å². The van der Waals surface area contributed by atoms with E-state index in [4.69, 9.17) is 5.11 Å². The van der Waals surface area contributed by atoms with Gasteiger partial charge in [-0.3, -0.25) is 4.79 Å². The third kappa shape index (κ3) is 3.44. The number of nitrogens with one attached hydrogen (secondary N) is 1. The molecule has 0 aliphatic rings. The Kier molecular flexibility index (Phi) is 4.87. The fraction of sp³-hybridized carbons (Fsp3) is 0.250. The zero-order valence-electron chi connectivity index (χ0n) is 10.4. The second-order valence-corrected chi connectivity index (χ2v) is 3.46. The highest BCUT2D eigenvalue weighted by molar-refractivity contribution is 6.07. The SMILES string of the molecule is COC(=O)c1cccc(NCC(=O)O)c1C(=O)OC. The van der Waals surface area contributed by atoms with E-state index in [-0.39, 0.29) is 16.8 Å². The van der Waals surface area contributed by atoms with E-state index < -0.39 is 24.5 Å². The average molecular weight is 267 g/mol. The van der Waals surface area contributed by atoms with E-state index in [2.05, 4.69) is 14.8 Å². The lowest BCUT2D eigenvalue weighted by molar-refractivity contribution is -0.134. The first kappa shape index (κ1) is 14.5. The van der Waals surface area contributed by atoms with Gasteiger partial charge in [-0.25, -0.2) is 9.59 Å². The summed E-state index contributed by atoms with van der Waals surface area (Å²) in [5.41, 5.74) is 0.139. The van der Waals surface area contributed by atoms with Crippen molar-refractivity contribution < 1.29 is 29.0 Å². The minimum Gasteiger partial charge on any atom is -0.480 e. The number of benzene rings is 1. The first-order valence-electron chi connectivity index (χ1n) is 5.26. The Labute approximate surface area is 109 Å². The van der Waals surface area contributed by atoms with Crippen molar-refractivity contribution in [3.8, 4) is 0 Å². The van der Waals surface area contributed by atoms with E-state index in [1.54, 1.807) is 0 Å². The molecule has 0 atom stereocenters. The van der Waals surface area contributed by atoms with Crippen LogP contribution in [0, 0.1) is 0 Å². The molecule has 1 rings (SSSR count). The number of anilines is 1. The lowest BCUT2D eigenvalue weighted by Crippen LogP contribution is -2.18. The van der Waals surface area contributed by atoms with Crippen molar-refractivity contribution in [2.45, 2.75) is 0 Å². The highest BCUT2D eigenvalue weighted by Gasteiger charge is 2.22. The Bertz CT molecular complexity index is 511. The Morgan fingerprint density at radius 3 is 2.32 bits per heavy atom. The molecule has 0 aliphatic heterocycles. The Morgan fingerprint density at radius 1 is 1.16 bits per heavy atom. The third-order valence-corrected chi connectivity index (χ3v) is 2.29. The molecule has 102 valence electrons. The van der Waals surface area contributed by atoms with Crippen molar-refractivity contribution in [2.75, 3.05) is 26.1 Å². The van der Waals surface area contributed by atoms with E-state index in [0.29, 0.717) is 0 Å². The van der Waals surface area contributed by atoms with Gasteiger partial charge in [0.2, 0.25) is 0 Å². The Balaban J connectivity index is 3.25. The fourth-order valence-electron chi connectivity index (χ4n) is 1.47. The van der Waals surface area contributed by atoms with E-state index in [1.807, 2.05) is 0 Å². The number of aliphatic carboxylic acids is 1. The van der Waals surface area contributed by atoms with Gasteiger partial charge in [0.25, 0.3) is 0 Å². The molecule has 0 saturated heterocycles. The number of hydrogen-bond donors (Lipinski definition) is 2. The highest BCUT2D eigenvalue weighted by atomic mass is 16.5. The van der Waals surface area contributed by atoms with E-state index in [9.17, 15) is 14.4 Å². The molecule has 0 amide bonds. The van der Waals surface area contributed by atoms with Gasteiger partial charge in [-0.15, -0.1) is 0 Å². The summed E-state index contributed by atoms with van der Waals surface area (Å²) < 4.78 is 9.15. The molecule has 2 N–H and O–H groups in total. The standard InChI is InChI=1S/C12H13NO6/c1-18-11(16)7-4-3-5-8(13-6-9(14)15)10(7)12(17)19-2/h3-5,13H,6H2,1-2H3,(H,14,15). The average Bonchev–Trinajstić information content (AvgIpc) is 2.42. The minimum atomic E-state index is -1.10. The van der Waals surface area contributed by atoms with E-state index in [0.717, 1.165) is 7.11 Å². The van der Waals surface area contributed by atoms with Crippen molar-refractivity contribution in [2.24, 2.45) is 0 Å². The quantitative estimate of drug-likeness (QED) is 0.759.